The van der Waals surface area contributed by atoms with Gasteiger partial charge in [0.25, 0.3) is 0 Å². The molecule has 0 amide bonds. The molecule has 0 bridgehead atoms. The molecule has 0 spiro atoms. The van der Waals surface area contributed by atoms with E-state index in [0.717, 1.165) is 34.1 Å². The molecule has 1 aromatic carbocycles. The Labute approximate surface area is 148 Å². The predicted molar refractivity (Wildman–Crippen MR) is 95.3 cm³/mol. The van der Waals surface area contributed by atoms with Gasteiger partial charge in [0.2, 0.25) is 0 Å². The quantitative estimate of drug-likeness (QED) is 0.726. The molecule has 8 heteroatoms. The van der Waals surface area contributed by atoms with Crippen LogP contribution >= 0.6 is 23.4 Å². The van der Waals surface area contributed by atoms with Gasteiger partial charge in [-0.2, -0.15) is 0 Å². The lowest BCUT2D eigenvalue weighted by atomic mass is 10.2. The average molecular weight is 366 g/mol. The number of nitrogen functional groups attached to an aromatic ring is 1. The molecule has 0 atom stereocenters. The van der Waals surface area contributed by atoms with Gasteiger partial charge < -0.3 is 11.1 Å². The summed E-state index contributed by atoms with van der Waals surface area (Å²) >= 11 is 7.23. The molecule has 0 radical (unpaired) electrons. The van der Waals surface area contributed by atoms with Gasteiger partial charge in [0, 0.05) is 29.2 Å². The number of hydrogen-bond donors (Lipinski definition) is 2. The Hall–Kier alpha value is -1.83. The van der Waals surface area contributed by atoms with E-state index in [1.54, 1.807) is 16.6 Å². The summed E-state index contributed by atoms with van der Waals surface area (Å²) in [5.41, 5.74) is 8.70. The van der Waals surface area contributed by atoms with Crippen molar-refractivity contribution in [2.45, 2.75) is 23.1 Å². The normalized spacial score (nSPS) is 11.3. The average Bonchev–Trinajstić information content (AvgIpc) is 2.86. The Morgan fingerprint density at radius 1 is 1.38 bits per heavy atom. The maximum absolute atomic E-state index is 13.3. The van der Waals surface area contributed by atoms with E-state index >= 15 is 0 Å². The molecule has 0 aliphatic heterocycles. The van der Waals surface area contributed by atoms with Gasteiger partial charge in [-0.25, -0.2) is 13.9 Å². The van der Waals surface area contributed by atoms with E-state index in [2.05, 4.69) is 15.4 Å². The summed E-state index contributed by atoms with van der Waals surface area (Å²) in [4.78, 5) is 6.21. The van der Waals surface area contributed by atoms with Gasteiger partial charge in [0.1, 0.15) is 10.7 Å². The number of halogens is 2. The summed E-state index contributed by atoms with van der Waals surface area (Å²) in [6.45, 7) is 2.80. The number of fused-ring (bicyclic) bond motifs is 1. The number of benzene rings is 1. The number of hydrogen-bond acceptors (Lipinski definition) is 5. The summed E-state index contributed by atoms with van der Waals surface area (Å²) < 4.78 is 15.1. The van der Waals surface area contributed by atoms with E-state index in [1.807, 2.05) is 20.0 Å². The zero-order valence-corrected chi connectivity index (χ0v) is 14.9. The van der Waals surface area contributed by atoms with Crippen LogP contribution in [0, 0.1) is 12.7 Å². The number of nitrogens with two attached hydrogens (primary N) is 1. The van der Waals surface area contributed by atoms with E-state index in [4.69, 9.17) is 17.3 Å². The number of rotatable bonds is 5. The van der Waals surface area contributed by atoms with Crippen LogP contribution in [0.5, 0.6) is 0 Å². The van der Waals surface area contributed by atoms with Crippen molar-refractivity contribution >= 4 is 34.8 Å². The van der Waals surface area contributed by atoms with Gasteiger partial charge >= 0.3 is 0 Å². The van der Waals surface area contributed by atoms with Crippen LogP contribution in [0.4, 0.5) is 10.2 Å². The first-order chi connectivity index (χ1) is 11.5. The number of nitrogens with zero attached hydrogens (tertiary/aromatic N) is 3. The van der Waals surface area contributed by atoms with Crippen molar-refractivity contribution in [1.29, 1.82) is 0 Å². The molecule has 24 heavy (non-hydrogen) atoms. The molecule has 2 aromatic heterocycles. The molecule has 0 saturated heterocycles. The zero-order chi connectivity index (χ0) is 17.3. The Kier molecular flexibility index (Phi) is 4.93. The minimum Gasteiger partial charge on any atom is -0.381 e. The highest BCUT2D eigenvalue weighted by molar-refractivity contribution is 7.99. The van der Waals surface area contributed by atoms with Crippen molar-refractivity contribution in [2.75, 3.05) is 19.3 Å². The minimum atomic E-state index is -0.447. The van der Waals surface area contributed by atoms with Crippen LogP contribution < -0.4 is 11.1 Å². The van der Waals surface area contributed by atoms with E-state index in [9.17, 15) is 4.39 Å². The van der Waals surface area contributed by atoms with Gasteiger partial charge in [-0.1, -0.05) is 23.4 Å². The molecule has 5 nitrogen and oxygen atoms in total. The van der Waals surface area contributed by atoms with Crippen molar-refractivity contribution in [1.82, 2.24) is 19.9 Å². The minimum absolute atomic E-state index is 0.0777. The molecule has 0 unspecified atom stereocenters. The third-order valence-corrected chi connectivity index (χ3v) is 4.92. The third-order valence-electron chi connectivity index (χ3n) is 3.55. The predicted octanol–water partition coefficient (Wildman–Crippen LogP) is 3.33. The van der Waals surface area contributed by atoms with Crippen LogP contribution in [-0.4, -0.2) is 28.2 Å². The number of likely N-dealkylation sites (N-methyl/N-ethyl adjacent to an activating group) is 1. The summed E-state index contributed by atoms with van der Waals surface area (Å²) in [5.74, 6) is -0.0565. The van der Waals surface area contributed by atoms with Gasteiger partial charge in [0.15, 0.2) is 11.5 Å². The largest absolute Gasteiger partial charge is 0.381 e. The van der Waals surface area contributed by atoms with Crippen molar-refractivity contribution < 1.29 is 4.39 Å². The summed E-state index contributed by atoms with van der Waals surface area (Å²) in [6, 6.07) is 6.57. The molecule has 2 heterocycles. The fraction of sp³-hybridized carbons (Fsp3) is 0.250. The SMILES string of the molecule is CNCCc1cc(C)n2nc(N)c(Sc3ccc(F)c(Cl)c3)c2n1. The molecule has 126 valence electrons. The molecular weight excluding hydrogens is 349 g/mol. The van der Waals surface area contributed by atoms with Crippen molar-refractivity contribution in [3.05, 3.63) is 46.5 Å². The number of aromatic nitrogens is 3. The first kappa shape index (κ1) is 17.0. The highest BCUT2D eigenvalue weighted by Crippen LogP contribution is 2.36. The Morgan fingerprint density at radius 3 is 2.88 bits per heavy atom. The van der Waals surface area contributed by atoms with Crippen molar-refractivity contribution in [3.8, 4) is 0 Å². The second-order valence-corrected chi connectivity index (χ2v) is 6.86. The Bertz CT molecular complexity index is 896. The maximum atomic E-state index is 13.3. The molecule has 3 rings (SSSR count). The van der Waals surface area contributed by atoms with E-state index < -0.39 is 5.82 Å². The topological polar surface area (TPSA) is 68.2 Å². The lowest BCUT2D eigenvalue weighted by molar-refractivity contribution is 0.627. The molecular formula is C16H17ClFN5S. The van der Waals surface area contributed by atoms with Crippen LogP contribution in [0.3, 0.4) is 0 Å². The first-order valence-corrected chi connectivity index (χ1v) is 8.61. The lowest BCUT2D eigenvalue weighted by Crippen LogP contribution is -2.12. The molecule has 0 aliphatic carbocycles. The van der Waals surface area contributed by atoms with Gasteiger partial charge in [-0.05, 0) is 38.2 Å². The van der Waals surface area contributed by atoms with Gasteiger partial charge in [0.05, 0.1) is 5.02 Å². The van der Waals surface area contributed by atoms with Crippen molar-refractivity contribution in [2.24, 2.45) is 0 Å². The van der Waals surface area contributed by atoms with Crippen LogP contribution in [0.15, 0.2) is 34.1 Å². The summed E-state index contributed by atoms with van der Waals surface area (Å²) in [6.07, 6.45) is 0.811. The zero-order valence-electron chi connectivity index (χ0n) is 13.3. The fourth-order valence-electron chi connectivity index (χ4n) is 2.36. The van der Waals surface area contributed by atoms with E-state index in [1.165, 1.54) is 17.8 Å². The van der Waals surface area contributed by atoms with E-state index in [-0.39, 0.29) is 5.02 Å². The number of aryl methyl sites for hydroxylation is 1. The molecule has 0 fully saturated rings. The van der Waals surface area contributed by atoms with Crippen LogP contribution in [0.2, 0.25) is 5.02 Å². The monoisotopic (exact) mass is 365 g/mol. The Morgan fingerprint density at radius 2 is 2.17 bits per heavy atom. The smallest absolute Gasteiger partial charge is 0.171 e. The summed E-state index contributed by atoms with van der Waals surface area (Å²) in [7, 11) is 1.90. The molecule has 0 saturated carbocycles. The van der Waals surface area contributed by atoms with Crippen LogP contribution in [0.25, 0.3) is 5.65 Å². The van der Waals surface area contributed by atoms with Crippen LogP contribution in [-0.2, 0) is 6.42 Å². The second kappa shape index (κ2) is 6.96. The highest BCUT2D eigenvalue weighted by atomic mass is 35.5. The van der Waals surface area contributed by atoms with Gasteiger partial charge in [-0.15, -0.1) is 5.10 Å². The van der Waals surface area contributed by atoms with Gasteiger partial charge in [-0.3, -0.25) is 0 Å². The standard InChI is InChI=1S/C16H17ClFN5S/c1-9-7-10(5-6-20-2)21-16-14(15(19)22-23(9)16)24-11-3-4-13(18)12(17)8-11/h3-4,7-8,20H,5-6H2,1-2H3,(H2,19,22). The second-order valence-electron chi connectivity index (χ2n) is 5.37. The Balaban J connectivity index is 2.04. The third kappa shape index (κ3) is 3.33. The summed E-state index contributed by atoms with van der Waals surface area (Å²) in [5, 5.41) is 7.55. The highest BCUT2D eigenvalue weighted by Gasteiger charge is 2.16. The maximum Gasteiger partial charge on any atom is 0.171 e. The molecule has 3 N–H and O–H groups in total. The number of anilines is 1. The molecule has 0 aliphatic rings. The van der Waals surface area contributed by atoms with E-state index in [0.29, 0.717) is 11.5 Å². The lowest BCUT2D eigenvalue weighted by Gasteiger charge is -2.06. The number of nitrogens with one attached hydrogen (secondary N) is 1. The first-order valence-electron chi connectivity index (χ1n) is 7.42. The van der Waals surface area contributed by atoms with Crippen LogP contribution in [0.1, 0.15) is 11.4 Å². The fourth-order valence-corrected chi connectivity index (χ4v) is 3.53. The van der Waals surface area contributed by atoms with Crippen molar-refractivity contribution in [3.63, 3.8) is 0 Å². The molecule has 3 aromatic rings.